The minimum absolute atomic E-state index is 0.0384. The maximum Gasteiger partial charge on any atom is 0.200 e. The summed E-state index contributed by atoms with van der Waals surface area (Å²) in [5.74, 6) is 0. The summed E-state index contributed by atoms with van der Waals surface area (Å²) in [7, 11) is 0. The molecule has 0 aliphatic rings. The molecule has 0 aliphatic heterocycles. The molecule has 0 aliphatic carbocycles. The van der Waals surface area contributed by atoms with Gasteiger partial charge >= 0.3 is 0 Å². The molecule has 2 heterocycles. The first-order valence-electron chi connectivity index (χ1n) is 16.4. The lowest BCUT2D eigenvalue weighted by Gasteiger charge is -2.26. The molecule has 0 bridgehead atoms. The van der Waals surface area contributed by atoms with E-state index in [1.54, 1.807) is 0 Å². The van der Waals surface area contributed by atoms with Gasteiger partial charge < -0.3 is 8.83 Å². The Morgan fingerprint density at radius 3 is 1.17 bits per heavy atom. The first-order valence-corrected chi connectivity index (χ1v) is 16.4. The van der Waals surface area contributed by atoms with E-state index in [4.69, 9.17) is 8.83 Å². The third kappa shape index (κ3) is 4.83. The highest BCUT2D eigenvalue weighted by Gasteiger charge is 2.23. The highest BCUT2D eigenvalue weighted by molar-refractivity contribution is 6.07. The molecule has 0 fully saturated rings. The van der Waals surface area contributed by atoms with Crippen molar-refractivity contribution in [1.82, 2.24) is 0 Å². The number of hydrogen-bond donors (Lipinski definition) is 0. The topological polar surface area (TPSA) is 60.4 Å². The summed E-state index contributed by atoms with van der Waals surface area (Å²) in [6.07, 6.45) is 0. The number of benzene rings is 6. The quantitative estimate of drug-likeness (QED) is 0.179. The maximum absolute atomic E-state index is 13.7. The van der Waals surface area contributed by atoms with Gasteiger partial charge in [-0.3, -0.25) is 9.59 Å². The van der Waals surface area contributed by atoms with Gasteiger partial charge in [0.15, 0.2) is 0 Å². The SMILES string of the molecule is CC(C)(C)c1cc(-c2ccc3oc4ccccc4c(=O)c3c2)c2cc(C(C)(C)C)cc(-c3ccc4oc5ccccc5c(=O)c4c3)c2c1. The van der Waals surface area contributed by atoms with Crippen LogP contribution in [-0.4, -0.2) is 0 Å². The zero-order chi connectivity index (χ0) is 33.5. The van der Waals surface area contributed by atoms with Crippen LogP contribution in [-0.2, 0) is 10.8 Å². The Hall–Kier alpha value is -5.48. The second-order valence-corrected chi connectivity index (χ2v) is 14.9. The van der Waals surface area contributed by atoms with Crippen molar-refractivity contribution in [2.75, 3.05) is 0 Å². The molecule has 4 heteroatoms. The van der Waals surface area contributed by atoms with Gasteiger partial charge in [0.1, 0.15) is 22.3 Å². The minimum Gasteiger partial charge on any atom is -0.456 e. The molecule has 0 saturated heterocycles. The fourth-order valence-electron chi connectivity index (χ4n) is 6.75. The van der Waals surface area contributed by atoms with Crippen LogP contribution in [0.5, 0.6) is 0 Å². The highest BCUT2D eigenvalue weighted by Crippen LogP contribution is 2.42. The monoisotopic (exact) mass is 628 g/mol. The second kappa shape index (κ2) is 10.5. The molecule has 2 aromatic heterocycles. The molecule has 0 amide bonds. The van der Waals surface area contributed by atoms with Crippen molar-refractivity contribution in [2.24, 2.45) is 0 Å². The van der Waals surface area contributed by atoms with Crippen molar-refractivity contribution in [3.05, 3.63) is 141 Å². The lowest BCUT2D eigenvalue weighted by molar-refractivity contribution is 0.589. The average Bonchev–Trinajstić information content (AvgIpc) is 3.06. The van der Waals surface area contributed by atoms with Gasteiger partial charge in [-0.2, -0.15) is 0 Å². The Kier molecular flexibility index (Phi) is 6.55. The van der Waals surface area contributed by atoms with Crippen LogP contribution < -0.4 is 10.9 Å². The predicted molar refractivity (Wildman–Crippen MR) is 199 cm³/mol. The Labute approximate surface area is 278 Å². The van der Waals surface area contributed by atoms with Crippen LogP contribution in [0.3, 0.4) is 0 Å². The van der Waals surface area contributed by atoms with E-state index >= 15 is 0 Å². The molecule has 4 nitrogen and oxygen atoms in total. The fourth-order valence-corrected chi connectivity index (χ4v) is 6.75. The van der Waals surface area contributed by atoms with Crippen molar-refractivity contribution < 1.29 is 8.83 Å². The Balaban J connectivity index is 1.46. The first kappa shape index (κ1) is 29.9. The van der Waals surface area contributed by atoms with Crippen molar-refractivity contribution in [3.63, 3.8) is 0 Å². The summed E-state index contributed by atoms with van der Waals surface area (Å²) < 4.78 is 12.3. The molecule has 0 atom stereocenters. The fraction of sp³-hybridized carbons (Fsp3) is 0.182. The van der Waals surface area contributed by atoms with Gasteiger partial charge in [0.2, 0.25) is 10.9 Å². The molecule has 0 radical (unpaired) electrons. The van der Waals surface area contributed by atoms with Crippen LogP contribution in [0.25, 0.3) is 76.9 Å². The largest absolute Gasteiger partial charge is 0.456 e. The van der Waals surface area contributed by atoms with Crippen molar-refractivity contribution in [2.45, 2.75) is 52.4 Å². The van der Waals surface area contributed by atoms with E-state index in [-0.39, 0.29) is 21.7 Å². The van der Waals surface area contributed by atoms with Gasteiger partial charge in [-0.1, -0.05) is 77.9 Å². The summed E-state index contributed by atoms with van der Waals surface area (Å²) >= 11 is 0. The molecule has 0 unspecified atom stereocenters. The van der Waals surface area contributed by atoms with Gasteiger partial charge in [-0.05, 0) is 128 Å². The van der Waals surface area contributed by atoms with E-state index in [1.165, 1.54) is 11.1 Å². The summed E-state index contributed by atoms with van der Waals surface area (Å²) in [5, 5.41) is 4.42. The highest BCUT2D eigenvalue weighted by atomic mass is 16.3. The number of rotatable bonds is 2. The van der Waals surface area contributed by atoms with Crippen LogP contribution in [0, 0.1) is 0 Å². The van der Waals surface area contributed by atoms with Gasteiger partial charge in [0, 0.05) is 0 Å². The number of para-hydroxylation sites is 2. The molecule has 48 heavy (non-hydrogen) atoms. The summed E-state index contributed by atoms with van der Waals surface area (Å²) in [4.78, 5) is 27.4. The Morgan fingerprint density at radius 1 is 0.396 bits per heavy atom. The van der Waals surface area contributed by atoms with Crippen molar-refractivity contribution in [1.29, 1.82) is 0 Å². The molecule has 0 spiro atoms. The zero-order valence-corrected chi connectivity index (χ0v) is 28.0. The Morgan fingerprint density at radius 2 is 0.771 bits per heavy atom. The van der Waals surface area contributed by atoms with Crippen LogP contribution in [0.1, 0.15) is 52.7 Å². The van der Waals surface area contributed by atoms with E-state index in [0.717, 1.165) is 33.0 Å². The molecule has 0 saturated carbocycles. The number of fused-ring (bicyclic) bond motifs is 5. The first-order chi connectivity index (χ1) is 22.9. The number of hydrogen-bond acceptors (Lipinski definition) is 4. The normalized spacial score (nSPS) is 12.5. The minimum atomic E-state index is -0.154. The van der Waals surface area contributed by atoms with Gasteiger partial charge in [-0.15, -0.1) is 0 Å². The molecule has 8 rings (SSSR count). The lowest BCUT2D eigenvalue weighted by Crippen LogP contribution is -2.13. The molecular weight excluding hydrogens is 592 g/mol. The average molecular weight is 629 g/mol. The predicted octanol–water partition coefficient (Wildman–Crippen LogP) is 11.3. The van der Waals surface area contributed by atoms with E-state index in [2.05, 4.69) is 77.9 Å². The summed E-state index contributed by atoms with van der Waals surface area (Å²) in [5.41, 5.74) is 8.25. The van der Waals surface area contributed by atoms with Crippen molar-refractivity contribution >= 4 is 54.6 Å². The molecular formula is C44H36O4. The van der Waals surface area contributed by atoms with Gasteiger partial charge in [-0.25, -0.2) is 0 Å². The maximum atomic E-state index is 13.7. The van der Waals surface area contributed by atoms with Crippen LogP contribution in [0.2, 0.25) is 0 Å². The van der Waals surface area contributed by atoms with E-state index in [9.17, 15) is 9.59 Å². The standard InChI is InChI=1S/C44H36O4/c1-43(2,3)27-21-31(25-15-17-39-35(19-25)41(45)29-11-7-9-13-37(29)47-39)34-24-28(44(4,5)6)22-32(33(34)23-27)26-16-18-40-36(20-26)42(46)30-12-8-10-14-38(30)48-40/h7-24H,1-6H3. The molecule has 0 N–H and O–H groups in total. The van der Waals surface area contributed by atoms with Gasteiger partial charge in [0.25, 0.3) is 0 Å². The lowest BCUT2D eigenvalue weighted by atomic mass is 9.78. The second-order valence-electron chi connectivity index (χ2n) is 14.9. The van der Waals surface area contributed by atoms with Crippen LogP contribution in [0.15, 0.2) is 128 Å². The molecule has 8 aromatic rings. The van der Waals surface area contributed by atoms with Crippen molar-refractivity contribution in [3.8, 4) is 22.3 Å². The molecule has 236 valence electrons. The van der Waals surface area contributed by atoms with E-state index in [1.807, 2.05) is 72.8 Å². The molecule has 6 aromatic carbocycles. The summed E-state index contributed by atoms with van der Waals surface area (Å²) in [6, 6.07) is 35.8. The zero-order valence-electron chi connectivity index (χ0n) is 28.0. The van der Waals surface area contributed by atoms with E-state index in [0.29, 0.717) is 43.9 Å². The van der Waals surface area contributed by atoms with Crippen LogP contribution >= 0.6 is 0 Å². The van der Waals surface area contributed by atoms with E-state index < -0.39 is 0 Å². The third-order valence-corrected chi connectivity index (χ3v) is 9.58. The summed E-state index contributed by atoms with van der Waals surface area (Å²) in [6.45, 7) is 13.3. The van der Waals surface area contributed by atoms with Gasteiger partial charge in [0.05, 0.1) is 21.5 Å². The third-order valence-electron chi connectivity index (χ3n) is 9.58. The van der Waals surface area contributed by atoms with Crippen LogP contribution in [0.4, 0.5) is 0 Å². The smallest absolute Gasteiger partial charge is 0.200 e. The Bertz CT molecular complexity index is 2540.